The molecule has 0 aromatic rings. The van der Waals surface area contributed by atoms with Crippen molar-refractivity contribution in [2.24, 2.45) is 17.4 Å². The van der Waals surface area contributed by atoms with Crippen LogP contribution in [0.3, 0.4) is 0 Å². The van der Waals surface area contributed by atoms with Crippen molar-refractivity contribution in [2.45, 2.75) is 26.3 Å². The van der Waals surface area contributed by atoms with Gasteiger partial charge in [0.1, 0.15) is 0 Å². The highest BCUT2D eigenvalue weighted by atomic mass is 14.7. The van der Waals surface area contributed by atoms with Crippen molar-refractivity contribution in [3.05, 3.63) is 0 Å². The van der Waals surface area contributed by atoms with Gasteiger partial charge in [-0.25, -0.2) is 0 Å². The van der Waals surface area contributed by atoms with Crippen LogP contribution in [0.15, 0.2) is 0 Å². The highest BCUT2D eigenvalue weighted by molar-refractivity contribution is 4.62. The molecule has 2 heteroatoms. The van der Waals surface area contributed by atoms with Gasteiger partial charge in [-0.1, -0.05) is 13.8 Å². The highest BCUT2D eigenvalue weighted by Gasteiger charge is 2.00. The van der Waals surface area contributed by atoms with E-state index in [1.54, 1.807) is 0 Å². The third-order valence-electron chi connectivity index (χ3n) is 1.08. The summed E-state index contributed by atoms with van der Waals surface area (Å²) >= 11 is 0. The molecule has 2 nitrogen and oxygen atoms in total. The molecule has 0 bridgehead atoms. The first-order valence-corrected chi connectivity index (χ1v) is 3.12. The molecule has 0 aliphatic carbocycles. The van der Waals surface area contributed by atoms with Gasteiger partial charge >= 0.3 is 0 Å². The van der Waals surface area contributed by atoms with Crippen LogP contribution in [0.2, 0.25) is 0 Å². The van der Waals surface area contributed by atoms with Gasteiger partial charge in [0.15, 0.2) is 0 Å². The van der Waals surface area contributed by atoms with Crippen molar-refractivity contribution in [3.63, 3.8) is 0 Å². The van der Waals surface area contributed by atoms with Crippen molar-refractivity contribution in [1.82, 2.24) is 0 Å². The molecule has 50 valence electrons. The van der Waals surface area contributed by atoms with Crippen molar-refractivity contribution >= 4 is 0 Å². The summed E-state index contributed by atoms with van der Waals surface area (Å²) in [6.07, 6.45) is 1.04. The summed E-state index contributed by atoms with van der Waals surface area (Å²) in [5.74, 6) is 0.675. The van der Waals surface area contributed by atoms with Crippen LogP contribution in [-0.4, -0.2) is 12.6 Å². The molecule has 0 saturated heterocycles. The standard InChI is InChI=1S/C6H16N2/c1-5(2)3-6(8)4-7/h5-6H,3-4,7-8H2,1-2H3/t6-/m1/s1. The molecule has 1 atom stereocenters. The van der Waals surface area contributed by atoms with Gasteiger partial charge < -0.3 is 11.5 Å². The summed E-state index contributed by atoms with van der Waals surface area (Å²) in [5.41, 5.74) is 10.8. The summed E-state index contributed by atoms with van der Waals surface area (Å²) in [5, 5.41) is 0. The number of hydrogen-bond acceptors (Lipinski definition) is 2. The predicted octanol–water partition coefficient (Wildman–Crippen LogP) is 0.319. The van der Waals surface area contributed by atoms with Crippen LogP contribution in [0.25, 0.3) is 0 Å². The zero-order chi connectivity index (χ0) is 6.57. The maximum absolute atomic E-state index is 5.55. The number of hydrogen-bond donors (Lipinski definition) is 2. The Hall–Kier alpha value is -0.0800. The lowest BCUT2D eigenvalue weighted by atomic mass is 10.1. The molecule has 0 rings (SSSR count). The fourth-order valence-electron chi connectivity index (χ4n) is 0.702. The van der Waals surface area contributed by atoms with Gasteiger partial charge in [0, 0.05) is 12.6 Å². The number of rotatable bonds is 3. The molecule has 0 aromatic carbocycles. The van der Waals surface area contributed by atoms with Crippen molar-refractivity contribution in [1.29, 1.82) is 0 Å². The third-order valence-corrected chi connectivity index (χ3v) is 1.08. The Morgan fingerprint density at radius 1 is 1.38 bits per heavy atom. The van der Waals surface area contributed by atoms with E-state index in [0.29, 0.717) is 12.5 Å². The molecule has 0 unspecified atom stereocenters. The smallest absolute Gasteiger partial charge is 0.0165 e. The molecular formula is C6H16N2. The van der Waals surface area contributed by atoms with Gasteiger partial charge in [0.25, 0.3) is 0 Å². The van der Waals surface area contributed by atoms with Gasteiger partial charge in [-0.2, -0.15) is 0 Å². The van der Waals surface area contributed by atoms with E-state index in [4.69, 9.17) is 11.5 Å². The fraction of sp³-hybridized carbons (Fsp3) is 1.00. The third kappa shape index (κ3) is 4.09. The molecule has 0 aliphatic heterocycles. The molecular weight excluding hydrogens is 100 g/mol. The normalized spacial score (nSPS) is 14.6. The zero-order valence-electron chi connectivity index (χ0n) is 5.72. The van der Waals surface area contributed by atoms with E-state index < -0.39 is 0 Å². The molecule has 4 N–H and O–H groups in total. The second-order valence-corrected chi connectivity index (χ2v) is 2.63. The van der Waals surface area contributed by atoms with Crippen LogP contribution in [0.5, 0.6) is 0 Å². The molecule has 0 aliphatic rings. The van der Waals surface area contributed by atoms with Crippen LogP contribution in [-0.2, 0) is 0 Å². The highest BCUT2D eigenvalue weighted by Crippen LogP contribution is 2.00. The molecule has 8 heavy (non-hydrogen) atoms. The largest absolute Gasteiger partial charge is 0.329 e. The minimum absolute atomic E-state index is 0.204. The van der Waals surface area contributed by atoms with E-state index in [1.807, 2.05) is 0 Å². The van der Waals surface area contributed by atoms with E-state index in [-0.39, 0.29) is 6.04 Å². The monoisotopic (exact) mass is 116 g/mol. The van der Waals surface area contributed by atoms with E-state index in [0.717, 1.165) is 6.42 Å². The van der Waals surface area contributed by atoms with E-state index in [9.17, 15) is 0 Å². The molecule has 0 fully saturated rings. The van der Waals surface area contributed by atoms with Crippen LogP contribution in [0.1, 0.15) is 20.3 Å². The van der Waals surface area contributed by atoms with Gasteiger partial charge in [-0.3, -0.25) is 0 Å². The molecule has 0 aromatic heterocycles. The number of nitrogens with two attached hydrogens (primary N) is 2. The minimum atomic E-state index is 0.204. The Morgan fingerprint density at radius 3 is 2.00 bits per heavy atom. The first-order valence-electron chi connectivity index (χ1n) is 3.12. The Morgan fingerprint density at radius 2 is 1.88 bits per heavy atom. The average Bonchev–Trinajstić information content (AvgIpc) is 1.65. The zero-order valence-corrected chi connectivity index (χ0v) is 5.72. The Kier molecular flexibility index (Phi) is 3.83. The van der Waals surface area contributed by atoms with Crippen LogP contribution < -0.4 is 11.5 Å². The molecule has 0 amide bonds. The van der Waals surface area contributed by atoms with Crippen LogP contribution in [0.4, 0.5) is 0 Å². The summed E-state index contributed by atoms with van der Waals surface area (Å²) in [7, 11) is 0. The minimum Gasteiger partial charge on any atom is -0.329 e. The quantitative estimate of drug-likeness (QED) is 0.558. The van der Waals surface area contributed by atoms with Crippen molar-refractivity contribution < 1.29 is 0 Å². The van der Waals surface area contributed by atoms with Crippen molar-refractivity contribution in [2.75, 3.05) is 6.54 Å². The van der Waals surface area contributed by atoms with Crippen LogP contribution in [0, 0.1) is 5.92 Å². The van der Waals surface area contributed by atoms with Crippen LogP contribution >= 0.6 is 0 Å². The van der Waals surface area contributed by atoms with Crippen molar-refractivity contribution in [3.8, 4) is 0 Å². The Bertz CT molecular complexity index is 52.5. The van der Waals surface area contributed by atoms with Gasteiger partial charge in [0.2, 0.25) is 0 Å². The maximum Gasteiger partial charge on any atom is 0.0165 e. The lowest BCUT2D eigenvalue weighted by molar-refractivity contribution is 0.501. The SMILES string of the molecule is CC(C)C[C@@H](N)CN. The van der Waals surface area contributed by atoms with E-state index >= 15 is 0 Å². The molecule has 0 radical (unpaired) electrons. The summed E-state index contributed by atoms with van der Waals surface area (Å²) in [6, 6.07) is 0.204. The average molecular weight is 116 g/mol. The second-order valence-electron chi connectivity index (χ2n) is 2.63. The first-order chi connectivity index (χ1) is 3.66. The lowest BCUT2D eigenvalue weighted by Gasteiger charge is -2.09. The lowest BCUT2D eigenvalue weighted by Crippen LogP contribution is -2.30. The Labute approximate surface area is 51.2 Å². The van der Waals surface area contributed by atoms with E-state index in [1.165, 1.54) is 0 Å². The molecule has 0 spiro atoms. The first kappa shape index (κ1) is 7.92. The topological polar surface area (TPSA) is 52.0 Å². The Balaban J connectivity index is 3.10. The van der Waals surface area contributed by atoms with Gasteiger partial charge in [-0.15, -0.1) is 0 Å². The summed E-state index contributed by atoms with van der Waals surface area (Å²) in [4.78, 5) is 0. The van der Waals surface area contributed by atoms with E-state index in [2.05, 4.69) is 13.8 Å². The molecule has 0 saturated carbocycles. The molecule has 0 heterocycles. The second kappa shape index (κ2) is 3.87. The summed E-state index contributed by atoms with van der Waals surface area (Å²) < 4.78 is 0. The van der Waals surface area contributed by atoms with Gasteiger partial charge in [0.05, 0.1) is 0 Å². The van der Waals surface area contributed by atoms with Gasteiger partial charge in [-0.05, 0) is 12.3 Å². The predicted molar refractivity (Wildman–Crippen MR) is 36.5 cm³/mol. The summed E-state index contributed by atoms with van der Waals surface area (Å²) in [6.45, 7) is 4.91. The maximum atomic E-state index is 5.55. The fourth-order valence-corrected chi connectivity index (χ4v) is 0.702.